The van der Waals surface area contributed by atoms with Gasteiger partial charge < -0.3 is 16.0 Å². The summed E-state index contributed by atoms with van der Waals surface area (Å²) < 4.78 is 2.06. The first-order valence-corrected chi connectivity index (χ1v) is 13.4. The normalized spacial score (nSPS) is 18.6. The Labute approximate surface area is 227 Å². The zero-order valence-corrected chi connectivity index (χ0v) is 22.0. The maximum atomic E-state index is 6.76. The van der Waals surface area contributed by atoms with Crippen LogP contribution in [0.1, 0.15) is 35.8 Å². The molecule has 3 N–H and O–H groups in total. The first-order chi connectivity index (χ1) is 17.9. The summed E-state index contributed by atoms with van der Waals surface area (Å²) in [5.74, 6) is 0.566. The fraction of sp³-hybridized carbons (Fsp3) is 0.360. The Hall–Kier alpha value is -2.75. The first kappa shape index (κ1) is 24.6. The lowest BCUT2D eigenvalue weighted by Gasteiger charge is -2.42. The molecule has 184 valence electrons. The van der Waals surface area contributed by atoms with E-state index >= 15 is 0 Å². The second kappa shape index (κ2) is 9.53. The highest BCUT2D eigenvalue weighted by Gasteiger charge is 2.46. The number of halogens is 1. The standard InChI is InChI=1S/C25H25B2ClN8S/c1-14-19(37-17-4-8-31-21(18(17)28)34-23(26)27)22-32-9-12-36(22)24(33-14)35-10-5-25(6-11-35)13-16-15(20(25)29)3-2-7-30-16/h2-4,7-9,12,20,23H,5-6,10-11,13,29H2,1H3,(H,31,34)/t20-/m1/s1. The summed E-state index contributed by atoms with van der Waals surface area (Å²) >= 11 is 8.11. The number of rotatable bonds is 5. The summed E-state index contributed by atoms with van der Waals surface area (Å²) in [7, 11) is 11.3. The van der Waals surface area contributed by atoms with E-state index in [0.717, 1.165) is 65.1 Å². The molecule has 1 aliphatic carbocycles. The average Bonchev–Trinajstić information content (AvgIpc) is 3.47. The van der Waals surface area contributed by atoms with Gasteiger partial charge in [-0.3, -0.25) is 9.38 Å². The molecule has 0 bridgehead atoms. The van der Waals surface area contributed by atoms with Crippen molar-refractivity contribution in [1.82, 2.24) is 24.3 Å². The number of nitrogens with two attached hydrogens (primary N) is 1. The Morgan fingerprint density at radius 1 is 1.16 bits per heavy atom. The molecule has 37 heavy (non-hydrogen) atoms. The van der Waals surface area contributed by atoms with E-state index in [2.05, 4.69) is 35.6 Å². The summed E-state index contributed by atoms with van der Waals surface area (Å²) in [5, 5.41) is 3.32. The number of imidazole rings is 1. The zero-order chi connectivity index (χ0) is 25.7. The van der Waals surface area contributed by atoms with Gasteiger partial charge in [0.15, 0.2) is 5.65 Å². The topological polar surface area (TPSA) is 97.3 Å². The molecule has 2 aliphatic rings. The number of nitrogens with zero attached hydrogens (tertiary/aromatic N) is 6. The Morgan fingerprint density at radius 2 is 1.97 bits per heavy atom. The Kier molecular flexibility index (Phi) is 6.33. The number of piperidine rings is 1. The van der Waals surface area contributed by atoms with Crippen LogP contribution >= 0.6 is 23.4 Å². The molecule has 0 unspecified atom stereocenters. The molecule has 12 heteroatoms. The number of anilines is 2. The number of aromatic nitrogens is 5. The van der Waals surface area contributed by atoms with E-state index in [-0.39, 0.29) is 11.5 Å². The molecule has 1 aliphatic heterocycles. The van der Waals surface area contributed by atoms with E-state index in [1.165, 1.54) is 17.3 Å². The predicted molar refractivity (Wildman–Crippen MR) is 149 cm³/mol. The Balaban J connectivity index is 1.27. The van der Waals surface area contributed by atoms with Crippen molar-refractivity contribution < 1.29 is 0 Å². The molecule has 0 saturated carbocycles. The smallest absolute Gasteiger partial charge is 0.211 e. The van der Waals surface area contributed by atoms with Crippen molar-refractivity contribution in [2.75, 3.05) is 23.3 Å². The Morgan fingerprint density at radius 3 is 2.73 bits per heavy atom. The van der Waals surface area contributed by atoms with Gasteiger partial charge in [0.1, 0.15) is 5.82 Å². The molecular weight excluding hydrogens is 501 g/mol. The molecule has 1 spiro atoms. The quantitative estimate of drug-likeness (QED) is 0.382. The van der Waals surface area contributed by atoms with Gasteiger partial charge in [0.05, 0.1) is 31.3 Å². The van der Waals surface area contributed by atoms with Gasteiger partial charge in [-0.1, -0.05) is 29.4 Å². The van der Waals surface area contributed by atoms with Crippen LogP contribution < -0.4 is 16.0 Å². The summed E-state index contributed by atoms with van der Waals surface area (Å²) in [6.45, 7) is 3.75. The molecule has 6 rings (SSSR count). The fourth-order valence-corrected chi connectivity index (χ4v) is 6.81. The number of hydrogen-bond acceptors (Lipinski definition) is 8. The van der Waals surface area contributed by atoms with Crippen molar-refractivity contribution in [2.45, 2.75) is 47.9 Å². The van der Waals surface area contributed by atoms with Crippen molar-refractivity contribution in [3.8, 4) is 0 Å². The third kappa shape index (κ3) is 4.27. The lowest BCUT2D eigenvalue weighted by Crippen LogP contribution is -2.45. The minimum Gasteiger partial charge on any atom is -0.383 e. The average molecular weight is 527 g/mol. The summed E-state index contributed by atoms with van der Waals surface area (Å²) in [6, 6.07) is 5.99. The minimum absolute atomic E-state index is 0.0263. The van der Waals surface area contributed by atoms with Crippen LogP contribution in [0.5, 0.6) is 0 Å². The maximum absolute atomic E-state index is 6.76. The first-order valence-electron chi connectivity index (χ1n) is 12.2. The van der Waals surface area contributed by atoms with Gasteiger partial charge in [-0.05, 0) is 55.1 Å². The molecule has 0 amide bonds. The number of hydrogen-bond donors (Lipinski definition) is 2. The molecule has 5 heterocycles. The van der Waals surface area contributed by atoms with Crippen LogP contribution in [-0.2, 0) is 6.42 Å². The van der Waals surface area contributed by atoms with Crippen molar-refractivity contribution in [3.05, 3.63) is 65.0 Å². The molecule has 1 fully saturated rings. The van der Waals surface area contributed by atoms with Gasteiger partial charge in [-0.2, -0.15) is 0 Å². The maximum Gasteiger partial charge on any atom is 0.211 e. The molecule has 4 radical (unpaired) electrons. The third-order valence-corrected chi connectivity index (χ3v) is 9.24. The van der Waals surface area contributed by atoms with Gasteiger partial charge in [-0.25, -0.2) is 15.0 Å². The SMILES string of the molecule is [B]C([B])Nc1nccc(Sc2c(C)nc(N3CCC4(CC3)Cc3ncccc3[C@H]4N)n3ccnc23)c1Cl. The Bertz CT molecular complexity index is 1470. The van der Waals surface area contributed by atoms with Crippen LogP contribution in [0, 0.1) is 12.3 Å². The van der Waals surface area contributed by atoms with Crippen LogP contribution in [0.2, 0.25) is 5.02 Å². The van der Waals surface area contributed by atoms with Gasteiger partial charge in [0, 0.05) is 54.5 Å². The number of pyridine rings is 2. The van der Waals surface area contributed by atoms with Crippen LogP contribution in [-0.4, -0.2) is 59.0 Å². The highest BCUT2D eigenvalue weighted by molar-refractivity contribution is 7.99. The molecule has 8 nitrogen and oxygen atoms in total. The summed E-state index contributed by atoms with van der Waals surface area (Å²) in [6.07, 6.45) is 10.2. The van der Waals surface area contributed by atoms with Crippen molar-refractivity contribution in [3.63, 3.8) is 0 Å². The highest BCUT2D eigenvalue weighted by Crippen LogP contribution is 2.50. The van der Waals surface area contributed by atoms with Crippen molar-refractivity contribution >= 4 is 56.5 Å². The van der Waals surface area contributed by atoms with E-state index < -0.39 is 5.84 Å². The lowest BCUT2D eigenvalue weighted by atomic mass is 9.73. The van der Waals surface area contributed by atoms with Gasteiger partial charge in [-0.15, -0.1) is 0 Å². The molecule has 1 atom stereocenters. The lowest BCUT2D eigenvalue weighted by molar-refractivity contribution is 0.186. The zero-order valence-electron chi connectivity index (χ0n) is 20.4. The van der Waals surface area contributed by atoms with Crippen molar-refractivity contribution in [1.29, 1.82) is 0 Å². The van der Waals surface area contributed by atoms with Crippen LogP contribution in [0.15, 0.2) is 52.8 Å². The molecular formula is C25H25B2ClN8S. The molecule has 1 saturated heterocycles. The second-order valence-corrected chi connectivity index (χ2v) is 11.2. The van der Waals surface area contributed by atoms with Gasteiger partial charge in [0.25, 0.3) is 0 Å². The molecule has 0 aromatic carbocycles. The van der Waals surface area contributed by atoms with Crippen LogP contribution in [0.25, 0.3) is 5.65 Å². The van der Waals surface area contributed by atoms with Crippen LogP contribution in [0.4, 0.5) is 11.8 Å². The highest BCUT2D eigenvalue weighted by atomic mass is 35.5. The van der Waals surface area contributed by atoms with E-state index in [9.17, 15) is 0 Å². The second-order valence-electron chi connectivity index (χ2n) is 9.73. The number of aryl methyl sites for hydroxylation is 1. The van der Waals surface area contributed by atoms with Gasteiger partial charge >= 0.3 is 0 Å². The molecule has 4 aromatic heterocycles. The van der Waals surface area contributed by atoms with Gasteiger partial charge in [0.2, 0.25) is 5.95 Å². The van der Waals surface area contributed by atoms with E-state index in [1.54, 1.807) is 12.4 Å². The largest absolute Gasteiger partial charge is 0.383 e. The number of nitrogens with one attached hydrogen (secondary N) is 1. The molecule has 4 aromatic rings. The summed E-state index contributed by atoms with van der Waals surface area (Å²) in [4.78, 5) is 22.6. The van der Waals surface area contributed by atoms with E-state index in [4.69, 9.17) is 38.0 Å². The monoisotopic (exact) mass is 526 g/mol. The minimum atomic E-state index is -0.764. The summed E-state index contributed by atoms with van der Waals surface area (Å²) in [5.41, 5.74) is 10.9. The number of fused-ring (bicyclic) bond motifs is 2. The fourth-order valence-electron chi connectivity index (χ4n) is 5.56. The third-order valence-electron chi connectivity index (χ3n) is 7.51. The van der Waals surface area contributed by atoms with E-state index in [1.807, 2.05) is 31.5 Å². The van der Waals surface area contributed by atoms with Crippen LogP contribution in [0.3, 0.4) is 0 Å². The van der Waals surface area contributed by atoms with E-state index in [0.29, 0.717) is 10.8 Å². The van der Waals surface area contributed by atoms with Crippen molar-refractivity contribution in [2.24, 2.45) is 11.1 Å². The predicted octanol–water partition coefficient (Wildman–Crippen LogP) is 3.51.